The highest BCUT2D eigenvalue weighted by atomic mass is 35.5. The van der Waals surface area contributed by atoms with Gasteiger partial charge in [-0.3, -0.25) is 4.79 Å². The van der Waals surface area contributed by atoms with Crippen molar-refractivity contribution < 1.29 is 19.4 Å². The lowest BCUT2D eigenvalue weighted by molar-refractivity contribution is -0.120. The second-order valence-corrected chi connectivity index (χ2v) is 8.47. The van der Waals surface area contributed by atoms with Crippen LogP contribution in [0.4, 0.5) is 15.8 Å². The Morgan fingerprint density at radius 2 is 1.65 bits per heavy atom. The molecule has 0 fully saturated rings. The number of fused-ring (bicyclic) bond motifs is 1. The van der Waals surface area contributed by atoms with E-state index in [-0.39, 0.29) is 35.5 Å². The van der Waals surface area contributed by atoms with E-state index in [0.717, 1.165) is 53.1 Å². The molecule has 0 aliphatic heterocycles. The third kappa shape index (κ3) is 5.88. The molecule has 3 aromatic carbocycles. The molecule has 7 heteroatoms. The maximum absolute atomic E-state index is 14.0. The molecule has 3 aromatic rings. The predicted molar refractivity (Wildman–Crippen MR) is 138 cm³/mol. The summed E-state index contributed by atoms with van der Waals surface area (Å²) < 4.78 is 19.3. The van der Waals surface area contributed by atoms with Crippen LogP contribution in [0.3, 0.4) is 0 Å². The molecule has 5 nitrogen and oxygen atoms in total. The van der Waals surface area contributed by atoms with Crippen molar-refractivity contribution in [1.82, 2.24) is 0 Å². The molecular weight excluding hydrogens is 455 g/mol. The van der Waals surface area contributed by atoms with E-state index in [4.69, 9.17) is 4.74 Å². The molecule has 0 radical (unpaired) electrons. The number of benzene rings is 3. The summed E-state index contributed by atoms with van der Waals surface area (Å²) in [5.74, 6) is 0.0938. The fourth-order valence-corrected chi connectivity index (χ4v) is 4.36. The molecule has 0 bridgehead atoms. The van der Waals surface area contributed by atoms with Gasteiger partial charge >= 0.3 is 0 Å². The molecule has 0 spiro atoms. The van der Waals surface area contributed by atoms with Crippen molar-refractivity contribution in [3.63, 3.8) is 0 Å². The average Bonchev–Trinajstić information content (AvgIpc) is 2.82. The summed E-state index contributed by atoms with van der Waals surface area (Å²) in [4.78, 5) is 17.7. The largest absolute Gasteiger partial charge is 0.497 e. The van der Waals surface area contributed by atoms with Gasteiger partial charge in [-0.25, -0.2) is 4.39 Å². The van der Waals surface area contributed by atoms with Gasteiger partial charge in [0.05, 0.1) is 19.6 Å². The Labute approximate surface area is 206 Å². The molecule has 0 saturated heterocycles. The zero-order chi connectivity index (χ0) is 22.7. The van der Waals surface area contributed by atoms with E-state index in [0.29, 0.717) is 6.54 Å². The van der Waals surface area contributed by atoms with Gasteiger partial charge in [0.15, 0.2) is 0 Å². The maximum Gasteiger partial charge on any atom is 0.234 e. The molecule has 182 valence electrons. The molecule has 34 heavy (non-hydrogen) atoms. The van der Waals surface area contributed by atoms with E-state index in [2.05, 4.69) is 12.1 Å². The smallest absolute Gasteiger partial charge is 0.234 e. The maximum atomic E-state index is 14.0. The van der Waals surface area contributed by atoms with Crippen LogP contribution in [0.25, 0.3) is 0 Å². The van der Waals surface area contributed by atoms with Crippen molar-refractivity contribution in [3.8, 4) is 5.75 Å². The lowest BCUT2D eigenvalue weighted by Crippen LogP contribution is -2.36. The van der Waals surface area contributed by atoms with E-state index in [9.17, 15) is 9.18 Å². The van der Waals surface area contributed by atoms with Gasteiger partial charge in [0, 0.05) is 25.5 Å². The molecule has 0 heterocycles. The van der Waals surface area contributed by atoms with E-state index in [1.54, 1.807) is 7.11 Å². The molecule has 1 atom stereocenters. The fraction of sp³-hybridized carbons (Fsp3) is 0.296. The van der Waals surface area contributed by atoms with Crippen LogP contribution in [-0.4, -0.2) is 32.6 Å². The highest BCUT2D eigenvalue weighted by molar-refractivity contribution is 5.98. The summed E-state index contributed by atoms with van der Waals surface area (Å²) in [7, 11) is 5.63. The number of carbonyl (C=O) groups is 1. The lowest BCUT2D eigenvalue weighted by Gasteiger charge is -2.31. The summed E-state index contributed by atoms with van der Waals surface area (Å²) in [5, 5.41) is 0. The van der Waals surface area contributed by atoms with E-state index >= 15 is 0 Å². The van der Waals surface area contributed by atoms with Gasteiger partial charge < -0.3 is 20.0 Å². The van der Waals surface area contributed by atoms with Gasteiger partial charge in [0.2, 0.25) is 5.91 Å². The van der Waals surface area contributed by atoms with Crippen molar-refractivity contribution in [2.75, 3.05) is 31.0 Å². The Balaban J connectivity index is 0.00000204. The average molecular weight is 487 g/mol. The van der Waals surface area contributed by atoms with Crippen molar-refractivity contribution in [2.45, 2.75) is 31.7 Å². The number of aryl methyl sites for hydroxylation is 1. The van der Waals surface area contributed by atoms with Crippen LogP contribution in [0.1, 0.15) is 35.4 Å². The normalized spacial score (nSPS) is 14.2. The van der Waals surface area contributed by atoms with Crippen molar-refractivity contribution in [2.24, 2.45) is 0 Å². The van der Waals surface area contributed by atoms with Crippen molar-refractivity contribution in [3.05, 3.63) is 89.2 Å². The molecule has 1 aliphatic carbocycles. The van der Waals surface area contributed by atoms with Gasteiger partial charge in [0.25, 0.3) is 0 Å². The lowest BCUT2D eigenvalue weighted by atomic mass is 9.82. The summed E-state index contributed by atoms with van der Waals surface area (Å²) in [6.07, 6.45) is 2.53. The number of methoxy groups -OCH3 is 1. The molecule has 0 aromatic heterocycles. The van der Waals surface area contributed by atoms with Crippen LogP contribution >= 0.6 is 12.4 Å². The number of rotatable bonds is 6. The minimum atomic E-state index is -0.349. The molecule has 0 saturated carbocycles. The standard InChI is InChI=1S/C27H29FN2O2.ClH.H2O/c1-29(2)22-11-7-19(8-12-22)18-30(23-13-15-24(32-3)16-14-23)27(31)25-6-4-5-20-9-10-21(28)17-26(20)25;;/h7-17,25H,4-6,18H2,1-3H3;1H;1H2. The molecule has 1 unspecified atom stereocenters. The molecule has 1 amide bonds. The summed E-state index contributed by atoms with van der Waals surface area (Å²) in [5.41, 5.74) is 4.84. The SMILES string of the molecule is COc1ccc(N(Cc2ccc(N(C)C)cc2)C(=O)C2CCCc3ccc(F)cc32)cc1.Cl.O. The Hall–Kier alpha value is -3.09. The molecule has 4 rings (SSSR count). The van der Waals surface area contributed by atoms with E-state index in [1.807, 2.05) is 66.4 Å². The quantitative estimate of drug-likeness (QED) is 0.484. The van der Waals surface area contributed by atoms with Crippen LogP contribution in [0.5, 0.6) is 5.75 Å². The highest BCUT2D eigenvalue weighted by Gasteiger charge is 2.31. The number of nitrogens with zero attached hydrogens (tertiary/aromatic N) is 2. The first-order chi connectivity index (χ1) is 15.5. The fourth-order valence-electron chi connectivity index (χ4n) is 4.36. The second-order valence-electron chi connectivity index (χ2n) is 8.47. The number of halogens is 2. The molecule has 2 N–H and O–H groups in total. The van der Waals surface area contributed by atoms with Crippen LogP contribution in [0.2, 0.25) is 0 Å². The summed E-state index contributed by atoms with van der Waals surface area (Å²) >= 11 is 0. The minimum Gasteiger partial charge on any atom is -0.497 e. The van der Waals surface area contributed by atoms with Gasteiger partial charge in [-0.2, -0.15) is 0 Å². The van der Waals surface area contributed by atoms with Gasteiger partial charge in [-0.15, -0.1) is 12.4 Å². The number of hydrogen-bond donors (Lipinski definition) is 0. The minimum absolute atomic E-state index is 0. The topological polar surface area (TPSA) is 64.3 Å². The first-order valence-electron chi connectivity index (χ1n) is 11.0. The first kappa shape index (κ1) is 27.2. The van der Waals surface area contributed by atoms with Crippen LogP contribution in [-0.2, 0) is 17.8 Å². The number of amides is 1. The monoisotopic (exact) mass is 486 g/mol. The Kier molecular flexibility index (Phi) is 9.47. The van der Waals surface area contributed by atoms with E-state index < -0.39 is 0 Å². The third-order valence-electron chi connectivity index (χ3n) is 6.16. The first-order valence-corrected chi connectivity index (χ1v) is 11.0. The van der Waals surface area contributed by atoms with Crippen molar-refractivity contribution >= 4 is 29.7 Å². The predicted octanol–water partition coefficient (Wildman–Crippen LogP) is 5.15. The molecular formula is C27H32ClFN2O3. The van der Waals surface area contributed by atoms with E-state index in [1.165, 1.54) is 12.1 Å². The number of anilines is 2. The van der Waals surface area contributed by atoms with Gasteiger partial charge in [-0.1, -0.05) is 18.2 Å². The highest BCUT2D eigenvalue weighted by Crippen LogP contribution is 2.35. The van der Waals surface area contributed by atoms with Gasteiger partial charge in [-0.05, 0) is 84.5 Å². The number of hydrogen-bond acceptors (Lipinski definition) is 3. The molecule has 1 aliphatic rings. The Morgan fingerprint density at radius 3 is 2.26 bits per heavy atom. The van der Waals surface area contributed by atoms with Gasteiger partial charge in [0.1, 0.15) is 11.6 Å². The van der Waals surface area contributed by atoms with Crippen LogP contribution in [0.15, 0.2) is 66.7 Å². The Bertz CT molecular complexity index is 1090. The second kappa shape index (κ2) is 11.9. The zero-order valence-corrected chi connectivity index (χ0v) is 20.6. The summed E-state index contributed by atoms with van der Waals surface area (Å²) in [6.45, 7) is 0.444. The Morgan fingerprint density at radius 1 is 1.00 bits per heavy atom. The third-order valence-corrected chi connectivity index (χ3v) is 6.16. The number of ether oxygens (including phenoxy) is 1. The van der Waals surface area contributed by atoms with Crippen molar-refractivity contribution in [1.29, 1.82) is 0 Å². The van der Waals surface area contributed by atoms with Crippen LogP contribution in [0, 0.1) is 5.82 Å². The van der Waals surface area contributed by atoms with Crippen LogP contribution < -0.4 is 14.5 Å². The number of carbonyl (C=O) groups excluding carboxylic acids is 1. The summed E-state index contributed by atoms with van der Waals surface area (Å²) in [6, 6.07) is 20.6. The zero-order valence-electron chi connectivity index (χ0n) is 19.8.